The summed E-state index contributed by atoms with van der Waals surface area (Å²) in [5.74, 6) is -0.319. The minimum Gasteiger partial charge on any atom is -0.500 e. The number of rotatable bonds is 5. The van der Waals surface area contributed by atoms with Gasteiger partial charge in [0.15, 0.2) is 11.6 Å². The number of aromatic hydroxyl groups is 1. The maximum absolute atomic E-state index is 10.9. The van der Waals surface area contributed by atoms with E-state index in [-0.39, 0.29) is 16.6 Å². The number of methoxy groups -OCH3 is 1. The number of nitro benzene ring substituents is 1. The highest BCUT2D eigenvalue weighted by Crippen LogP contribution is 2.36. The number of nitrogens with zero attached hydrogens (tertiary/aromatic N) is 3. The van der Waals surface area contributed by atoms with Gasteiger partial charge in [-0.1, -0.05) is 23.2 Å². The van der Waals surface area contributed by atoms with Crippen molar-refractivity contribution in [1.29, 1.82) is 0 Å². The van der Waals surface area contributed by atoms with Gasteiger partial charge in [-0.15, -0.1) is 0 Å². The van der Waals surface area contributed by atoms with E-state index >= 15 is 0 Å². The summed E-state index contributed by atoms with van der Waals surface area (Å²) in [5, 5.41) is 25.1. The van der Waals surface area contributed by atoms with Gasteiger partial charge in [0.25, 0.3) is 0 Å². The largest absolute Gasteiger partial charge is 0.500 e. The number of hydrogen-bond acceptors (Lipinski definition) is 7. The monoisotopic (exact) mass is 356 g/mol. The standard InChI is InChI=1S/C13H10Cl2N4O4/c1-23-11-3-7(2-10(12(11)20)19(21)22)5-17-18-13-9(15)4-8(14)6-16-13/h2-6,20H,1H3,(H,16,18)/b17-5-. The number of hydrazone groups is 1. The first-order valence-electron chi connectivity index (χ1n) is 6.08. The average Bonchev–Trinajstić information content (AvgIpc) is 2.50. The molecule has 1 heterocycles. The van der Waals surface area contributed by atoms with E-state index in [1.165, 1.54) is 31.7 Å². The number of phenolic OH excluding ortho intramolecular Hbond substituents is 1. The fourth-order valence-corrected chi connectivity index (χ4v) is 2.07. The fourth-order valence-electron chi connectivity index (χ4n) is 1.65. The number of nitrogens with one attached hydrogen (secondary N) is 1. The second-order valence-electron chi connectivity index (χ2n) is 4.20. The molecule has 23 heavy (non-hydrogen) atoms. The number of benzene rings is 1. The van der Waals surface area contributed by atoms with E-state index in [1.54, 1.807) is 0 Å². The maximum atomic E-state index is 10.9. The van der Waals surface area contributed by atoms with Gasteiger partial charge >= 0.3 is 5.69 Å². The molecule has 0 aliphatic heterocycles. The Kier molecular flexibility index (Phi) is 5.20. The first-order chi connectivity index (χ1) is 10.9. The summed E-state index contributed by atoms with van der Waals surface area (Å²) in [6.07, 6.45) is 2.68. The molecule has 1 aromatic carbocycles. The van der Waals surface area contributed by atoms with Crippen molar-refractivity contribution in [3.8, 4) is 11.5 Å². The molecule has 0 spiro atoms. The second-order valence-corrected chi connectivity index (χ2v) is 5.05. The minimum absolute atomic E-state index is 0.0386. The molecule has 120 valence electrons. The Hall–Kier alpha value is -2.58. The number of aromatic nitrogens is 1. The summed E-state index contributed by atoms with van der Waals surface area (Å²) in [6.45, 7) is 0. The molecule has 0 unspecified atom stereocenters. The van der Waals surface area contributed by atoms with E-state index in [0.29, 0.717) is 10.6 Å². The third-order valence-electron chi connectivity index (χ3n) is 2.69. The van der Waals surface area contributed by atoms with Gasteiger partial charge in [0.1, 0.15) is 0 Å². The van der Waals surface area contributed by atoms with E-state index in [4.69, 9.17) is 27.9 Å². The van der Waals surface area contributed by atoms with Gasteiger partial charge in [0.05, 0.1) is 28.3 Å². The van der Waals surface area contributed by atoms with Crippen molar-refractivity contribution in [3.63, 3.8) is 0 Å². The minimum atomic E-state index is -0.722. The van der Waals surface area contributed by atoms with Gasteiger partial charge in [-0.05, 0) is 12.1 Å². The molecule has 0 atom stereocenters. The van der Waals surface area contributed by atoms with E-state index in [2.05, 4.69) is 15.5 Å². The van der Waals surface area contributed by atoms with Crippen molar-refractivity contribution in [2.45, 2.75) is 0 Å². The van der Waals surface area contributed by atoms with Gasteiger partial charge in [-0.25, -0.2) is 4.98 Å². The summed E-state index contributed by atoms with van der Waals surface area (Å²) in [4.78, 5) is 14.1. The number of pyridine rings is 1. The maximum Gasteiger partial charge on any atom is 0.315 e. The van der Waals surface area contributed by atoms with Crippen LogP contribution in [0, 0.1) is 10.1 Å². The van der Waals surface area contributed by atoms with Crippen molar-refractivity contribution in [1.82, 2.24) is 4.98 Å². The third-order valence-corrected chi connectivity index (χ3v) is 3.18. The predicted molar refractivity (Wildman–Crippen MR) is 86.8 cm³/mol. The highest BCUT2D eigenvalue weighted by molar-refractivity contribution is 6.35. The zero-order valence-corrected chi connectivity index (χ0v) is 13.2. The lowest BCUT2D eigenvalue weighted by atomic mass is 10.2. The molecule has 0 aliphatic carbocycles. The number of nitro groups is 1. The fraction of sp³-hybridized carbons (Fsp3) is 0.0769. The third kappa shape index (κ3) is 3.99. The van der Waals surface area contributed by atoms with E-state index in [9.17, 15) is 15.2 Å². The Morgan fingerprint density at radius 1 is 1.43 bits per heavy atom. The SMILES string of the molecule is COc1cc(/C=N\Nc2ncc(Cl)cc2Cl)cc([N+](=O)[O-])c1O. The van der Waals surface area contributed by atoms with Gasteiger partial charge in [-0.3, -0.25) is 15.5 Å². The Balaban J connectivity index is 2.25. The van der Waals surface area contributed by atoms with Crippen LogP contribution >= 0.6 is 23.2 Å². The number of ether oxygens (including phenoxy) is 1. The van der Waals surface area contributed by atoms with Crippen LogP contribution in [-0.4, -0.2) is 28.3 Å². The topological polar surface area (TPSA) is 110 Å². The molecular weight excluding hydrogens is 347 g/mol. The van der Waals surface area contributed by atoms with Crippen LogP contribution in [0.4, 0.5) is 11.5 Å². The van der Waals surface area contributed by atoms with Crippen molar-refractivity contribution in [2.24, 2.45) is 5.10 Å². The molecule has 0 fully saturated rings. The summed E-state index contributed by atoms with van der Waals surface area (Å²) >= 11 is 11.6. The Labute approximate surface area is 140 Å². The lowest BCUT2D eigenvalue weighted by molar-refractivity contribution is -0.386. The summed E-state index contributed by atoms with van der Waals surface area (Å²) in [6, 6.07) is 4.03. The Morgan fingerprint density at radius 3 is 2.78 bits per heavy atom. The average molecular weight is 357 g/mol. The molecule has 2 rings (SSSR count). The first-order valence-corrected chi connectivity index (χ1v) is 6.83. The van der Waals surface area contributed by atoms with Crippen molar-refractivity contribution in [2.75, 3.05) is 12.5 Å². The zero-order valence-electron chi connectivity index (χ0n) is 11.7. The van der Waals surface area contributed by atoms with E-state index in [1.807, 2.05) is 0 Å². The number of phenols is 1. The predicted octanol–water partition coefficient (Wildman–Crippen LogP) is 3.46. The summed E-state index contributed by atoms with van der Waals surface area (Å²) in [5.41, 5.74) is 2.43. The van der Waals surface area contributed by atoms with Crippen LogP contribution < -0.4 is 10.2 Å². The molecule has 0 saturated carbocycles. The molecule has 0 saturated heterocycles. The lowest BCUT2D eigenvalue weighted by Gasteiger charge is -2.05. The van der Waals surface area contributed by atoms with Crippen LogP contribution in [0.15, 0.2) is 29.5 Å². The van der Waals surface area contributed by atoms with Crippen LogP contribution in [0.25, 0.3) is 0 Å². The molecule has 10 heteroatoms. The Morgan fingerprint density at radius 2 is 2.17 bits per heavy atom. The lowest BCUT2D eigenvalue weighted by Crippen LogP contribution is -1.97. The van der Waals surface area contributed by atoms with Crippen LogP contribution in [0.5, 0.6) is 11.5 Å². The van der Waals surface area contributed by atoms with Crippen molar-refractivity contribution < 1.29 is 14.8 Å². The highest BCUT2D eigenvalue weighted by Gasteiger charge is 2.19. The first kappa shape index (κ1) is 16.8. The van der Waals surface area contributed by atoms with Crippen LogP contribution in [0.3, 0.4) is 0 Å². The van der Waals surface area contributed by atoms with E-state index < -0.39 is 16.4 Å². The van der Waals surface area contributed by atoms with Gasteiger partial charge in [0, 0.05) is 17.8 Å². The molecule has 0 amide bonds. The van der Waals surface area contributed by atoms with Gasteiger partial charge < -0.3 is 9.84 Å². The molecule has 1 aromatic heterocycles. The Bertz CT molecular complexity index is 783. The summed E-state index contributed by atoms with van der Waals surface area (Å²) in [7, 11) is 1.29. The van der Waals surface area contributed by atoms with Crippen LogP contribution in [0.1, 0.15) is 5.56 Å². The molecule has 2 aromatic rings. The normalized spacial score (nSPS) is 10.7. The number of hydrogen-bond donors (Lipinski definition) is 2. The van der Waals surface area contributed by atoms with Crippen LogP contribution in [-0.2, 0) is 0 Å². The highest BCUT2D eigenvalue weighted by atomic mass is 35.5. The second kappa shape index (κ2) is 7.12. The van der Waals surface area contributed by atoms with Gasteiger partial charge in [0.2, 0.25) is 5.75 Å². The summed E-state index contributed by atoms with van der Waals surface area (Å²) < 4.78 is 4.89. The number of halogens is 2. The molecule has 8 nitrogen and oxygen atoms in total. The molecule has 0 aliphatic rings. The van der Waals surface area contributed by atoms with Crippen LogP contribution in [0.2, 0.25) is 10.0 Å². The van der Waals surface area contributed by atoms with E-state index in [0.717, 1.165) is 6.07 Å². The quantitative estimate of drug-likeness (QED) is 0.482. The smallest absolute Gasteiger partial charge is 0.315 e. The molecule has 0 bridgehead atoms. The molecule has 2 N–H and O–H groups in total. The molecular formula is C13H10Cl2N4O4. The van der Waals surface area contributed by atoms with Gasteiger partial charge in [-0.2, -0.15) is 5.10 Å². The van der Waals surface area contributed by atoms with Crippen molar-refractivity contribution in [3.05, 3.63) is 50.1 Å². The zero-order chi connectivity index (χ0) is 17.0. The number of anilines is 1. The molecule has 0 radical (unpaired) electrons. The van der Waals surface area contributed by atoms with Crippen molar-refractivity contribution >= 4 is 40.9 Å².